The van der Waals surface area contributed by atoms with Crippen LogP contribution < -0.4 is 4.72 Å². The molecule has 0 bridgehead atoms. The molecular weight excluding hydrogens is 317 g/mol. The molecule has 0 aromatic heterocycles. The van der Waals surface area contributed by atoms with E-state index in [1.165, 1.54) is 4.72 Å². The van der Waals surface area contributed by atoms with Gasteiger partial charge in [-0.3, -0.25) is 4.79 Å². The molecule has 1 saturated heterocycles. The quantitative estimate of drug-likeness (QED) is 0.693. The van der Waals surface area contributed by atoms with Gasteiger partial charge in [0.2, 0.25) is 0 Å². The molecule has 11 heteroatoms. The molecule has 1 aliphatic heterocycles. The summed E-state index contributed by atoms with van der Waals surface area (Å²) >= 11 is 0. The first-order valence-electron chi connectivity index (χ1n) is 6.22. The fraction of sp³-hybridized carbons (Fsp3) is 0.900. The Morgan fingerprint density at radius 3 is 2.52 bits per heavy atom. The summed E-state index contributed by atoms with van der Waals surface area (Å²) < 4.78 is 67.6. The van der Waals surface area contributed by atoms with E-state index in [0.29, 0.717) is 6.42 Å². The van der Waals surface area contributed by atoms with E-state index in [0.717, 1.165) is 4.31 Å². The zero-order chi connectivity index (χ0) is 16.3. The molecule has 1 heterocycles. The first kappa shape index (κ1) is 18.1. The molecule has 2 N–H and O–H groups in total. The van der Waals surface area contributed by atoms with Crippen molar-refractivity contribution >= 4 is 16.2 Å². The third-order valence-electron chi connectivity index (χ3n) is 2.95. The van der Waals surface area contributed by atoms with E-state index in [1.54, 1.807) is 6.92 Å². The lowest BCUT2D eigenvalue weighted by atomic mass is 10.0. The third kappa shape index (κ3) is 5.09. The van der Waals surface area contributed by atoms with Crippen LogP contribution in [0.1, 0.15) is 13.3 Å². The summed E-state index contributed by atoms with van der Waals surface area (Å²) in [6.07, 6.45) is -4.36. The standard InChI is InChI=1S/C10H17F3N2O5S/c1-2-3-15(8-5-20-4-7(8)9(16)17)21(18,19)14-6-10(11,12)13/h7-8,14H,2-6H2,1H3,(H,16,17). The van der Waals surface area contributed by atoms with Crippen LogP contribution in [0.3, 0.4) is 0 Å². The Morgan fingerprint density at radius 1 is 1.43 bits per heavy atom. The molecule has 0 spiro atoms. The maximum Gasteiger partial charge on any atom is 0.402 e. The van der Waals surface area contributed by atoms with Gasteiger partial charge in [-0.05, 0) is 6.42 Å². The first-order chi connectivity index (χ1) is 9.58. The number of hydrogen-bond acceptors (Lipinski definition) is 4. The Hall–Kier alpha value is -0.910. The number of carboxylic acid groups (broad SMARTS) is 1. The van der Waals surface area contributed by atoms with Crippen LogP contribution in [0, 0.1) is 5.92 Å². The van der Waals surface area contributed by atoms with Crippen molar-refractivity contribution in [3.63, 3.8) is 0 Å². The van der Waals surface area contributed by atoms with Crippen LogP contribution in [0.2, 0.25) is 0 Å². The molecule has 0 aromatic rings. The molecule has 7 nitrogen and oxygen atoms in total. The predicted molar refractivity (Wildman–Crippen MR) is 65.7 cm³/mol. The summed E-state index contributed by atoms with van der Waals surface area (Å²) in [4.78, 5) is 11.1. The largest absolute Gasteiger partial charge is 0.481 e. The highest BCUT2D eigenvalue weighted by Gasteiger charge is 2.43. The zero-order valence-corrected chi connectivity index (χ0v) is 12.1. The van der Waals surface area contributed by atoms with E-state index in [2.05, 4.69) is 0 Å². The summed E-state index contributed by atoms with van der Waals surface area (Å²) in [5, 5.41) is 9.02. The second-order valence-corrected chi connectivity index (χ2v) is 6.31. The lowest BCUT2D eigenvalue weighted by molar-refractivity contribution is -0.142. The van der Waals surface area contributed by atoms with Crippen LogP contribution in [0.5, 0.6) is 0 Å². The van der Waals surface area contributed by atoms with Crippen molar-refractivity contribution in [1.29, 1.82) is 0 Å². The number of aliphatic carboxylic acids is 1. The van der Waals surface area contributed by atoms with Gasteiger partial charge < -0.3 is 9.84 Å². The number of alkyl halides is 3. The van der Waals surface area contributed by atoms with Crippen molar-refractivity contribution in [3.05, 3.63) is 0 Å². The highest BCUT2D eigenvalue weighted by Crippen LogP contribution is 2.23. The van der Waals surface area contributed by atoms with Crippen LogP contribution in [0.25, 0.3) is 0 Å². The van der Waals surface area contributed by atoms with Crippen molar-refractivity contribution in [3.8, 4) is 0 Å². The number of nitrogens with one attached hydrogen (secondary N) is 1. The molecule has 0 saturated carbocycles. The molecule has 1 aliphatic rings. The molecule has 0 amide bonds. The van der Waals surface area contributed by atoms with E-state index in [-0.39, 0.29) is 19.8 Å². The number of hydrogen-bond donors (Lipinski definition) is 2. The molecule has 124 valence electrons. The number of ether oxygens (including phenoxy) is 1. The Balaban J connectivity index is 2.92. The summed E-state index contributed by atoms with van der Waals surface area (Å²) in [6.45, 7) is -0.497. The van der Waals surface area contributed by atoms with Crippen LogP contribution in [0.15, 0.2) is 0 Å². The highest BCUT2D eigenvalue weighted by molar-refractivity contribution is 7.87. The Labute approximate surface area is 120 Å². The maximum absolute atomic E-state index is 12.2. The van der Waals surface area contributed by atoms with Crippen molar-refractivity contribution in [2.45, 2.75) is 25.6 Å². The minimum Gasteiger partial charge on any atom is -0.481 e. The molecule has 0 aliphatic carbocycles. The average Bonchev–Trinajstić information content (AvgIpc) is 2.81. The fourth-order valence-electron chi connectivity index (χ4n) is 2.00. The lowest BCUT2D eigenvalue weighted by Gasteiger charge is -2.29. The number of rotatable bonds is 7. The molecule has 0 aromatic carbocycles. The van der Waals surface area contributed by atoms with Gasteiger partial charge in [0.05, 0.1) is 25.2 Å². The fourth-order valence-corrected chi connectivity index (χ4v) is 3.50. The molecule has 2 atom stereocenters. The van der Waals surface area contributed by atoms with Crippen molar-refractivity contribution < 1.29 is 36.2 Å². The van der Waals surface area contributed by atoms with E-state index in [4.69, 9.17) is 9.84 Å². The van der Waals surface area contributed by atoms with E-state index in [9.17, 15) is 26.4 Å². The van der Waals surface area contributed by atoms with Gasteiger partial charge >= 0.3 is 12.1 Å². The SMILES string of the molecule is CCCN(C1COCC1C(=O)O)S(=O)(=O)NCC(F)(F)F. The number of halogens is 3. The lowest BCUT2D eigenvalue weighted by Crippen LogP contribution is -2.52. The van der Waals surface area contributed by atoms with Gasteiger partial charge in [-0.2, -0.15) is 30.6 Å². The van der Waals surface area contributed by atoms with Gasteiger partial charge in [-0.25, -0.2) is 0 Å². The molecule has 1 rings (SSSR count). The second kappa shape index (κ2) is 6.90. The van der Waals surface area contributed by atoms with Crippen LogP contribution in [-0.2, 0) is 19.7 Å². The van der Waals surface area contributed by atoms with Crippen LogP contribution in [0.4, 0.5) is 13.2 Å². The van der Waals surface area contributed by atoms with Gasteiger partial charge in [0.1, 0.15) is 6.54 Å². The summed E-state index contributed by atoms with van der Waals surface area (Å²) in [6, 6.07) is -1.02. The maximum atomic E-state index is 12.2. The van der Waals surface area contributed by atoms with E-state index < -0.39 is 40.9 Å². The predicted octanol–water partition coefficient (Wildman–Crippen LogP) is 0.195. The zero-order valence-electron chi connectivity index (χ0n) is 11.3. The highest BCUT2D eigenvalue weighted by atomic mass is 32.2. The second-order valence-electron chi connectivity index (χ2n) is 4.60. The van der Waals surface area contributed by atoms with Gasteiger partial charge in [-0.15, -0.1) is 0 Å². The van der Waals surface area contributed by atoms with Crippen molar-refractivity contribution in [2.24, 2.45) is 5.92 Å². The first-order valence-corrected chi connectivity index (χ1v) is 7.66. The number of nitrogens with zero attached hydrogens (tertiary/aromatic N) is 1. The van der Waals surface area contributed by atoms with Crippen molar-refractivity contribution in [1.82, 2.24) is 9.03 Å². The average molecular weight is 334 g/mol. The Kier molecular flexibility index (Phi) is 5.96. The summed E-state index contributed by atoms with van der Waals surface area (Å²) in [5.74, 6) is -2.34. The molecule has 21 heavy (non-hydrogen) atoms. The van der Waals surface area contributed by atoms with E-state index >= 15 is 0 Å². The minimum absolute atomic E-state index is 0.0923. The minimum atomic E-state index is -4.69. The number of carboxylic acids is 1. The third-order valence-corrected chi connectivity index (χ3v) is 4.53. The summed E-state index contributed by atoms with van der Waals surface area (Å²) in [5.41, 5.74) is 0. The molecule has 1 fully saturated rings. The van der Waals surface area contributed by atoms with E-state index in [1.807, 2.05) is 0 Å². The van der Waals surface area contributed by atoms with Gasteiger partial charge in [-0.1, -0.05) is 6.92 Å². The smallest absolute Gasteiger partial charge is 0.402 e. The number of carbonyl (C=O) groups is 1. The monoisotopic (exact) mass is 334 g/mol. The van der Waals surface area contributed by atoms with Crippen LogP contribution >= 0.6 is 0 Å². The normalized spacial score (nSPS) is 23.7. The van der Waals surface area contributed by atoms with Crippen LogP contribution in [-0.4, -0.2) is 62.3 Å². The topological polar surface area (TPSA) is 95.9 Å². The molecule has 0 radical (unpaired) electrons. The van der Waals surface area contributed by atoms with Crippen molar-refractivity contribution in [2.75, 3.05) is 26.3 Å². The van der Waals surface area contributed by atoms with Gasteiger partial charge in [0.15, 0.2) is 0 Å². The Morgan fingerprint density at radius 2 is 2.05 bits per heavy atom. The molecule has 2 unspecified atom stereocenters. The summed E-state index contributed by atoms with van der Waals surface area (Å²) in [7, 11) is -4.45. The molecular formula is C10H17F3N2O5S. The van der Waals surface area contributed by atoms with Gasteiger partial charge in [0.25, 0.3) is 10.2 Å². The van der Waals surface area contributed by atoms with Gasteiger partial charge in [0, 0.05) is 6.54 Å². The Bertz CT molecular complexity index is 468.